The Kier molecular flexibility index (Phi) is 2.03. The minimum absolute atomic E-state index is 0.0767. The molecule has 0 bridgehead atoms. The average molecular weight is 210 g/mol. The lowest BCUT2D eigenvalue weighted by atomic mass is 10.3. The van der Waals surface area contributed by atoms with E-state index >= 15 is 0 Å². The lowest BCUT2D eigenvalue weighted by molar-refractivity contribution is 0.590. The molecule has 0 atom stereocenters. The van der Waals surface area contributed by atoms with Crippen molar-refractivity contribution in [1.82, 2.24) is 8.96 Å². The van der Waals surface area contributed by atoms with Crippen molar-refractivity contribution in [3.8, 4) is 0 Å². The quantitative estimate of drug-likeness (QED) is 0.749. The van der Waals surface area contributed by atoms with Gasteiger partial charge in [0.2, 0.25) is 10.0 Å². The second-order valence-corrected chi connectivity index (χ2v) is 5.06. The Hall–Kier alpha value is -1.36. The van der Waals surface area contributed by atoms with Crippen LogP contribution < -0.4 is 0 Å². The molecule has 1 aromatic carbocycles. The molecule has 5 heteroatoms. The van der Waals surface area contributed by atoms with Crippen LogP contribution in [-0.4, -0.2) is 23.1 Å². The second-order valence-electron chi connectivity index (χ2n) is 2.93. The Labute approximate surface area is 82.2 Å². The highest BCUT2D eigenvalue weighted by molar-refractivity contribution is 7.90. The Morgan fingerprint density at radius 3 is 2.79 bits per heavy atom. The van der Waals surface area contributed by atoms with Crippen molar-refractivity contribution in [3.05, 3.63) is 30.6 Å². The SMILES string of the molecule is CCS(=O)(=O)n1cnc2ccccc21. The fourth-order valence-corrected chi connectivity index (χ4v) is 2.22. The maximum absolute atomic E-state index is 11.6. The third kappa shape index (κ3) is 1.29. The summed E-state index contributed by atoms with van der Waals surface area (Å²) in [5.74, 6) is 0.0767. The van der Waals surface area contributed by atoms with E-state index in [1.807, 2.05) is 6.07 Å². The second kappa shape index (κ2) is 3.09. The van der Waals surface area contributed by atoms with Crippen LogP contribution in [0.5, 0.6) is 0 Å². The zero-order valence-corrected chi connectivity index (χ0v) is 8.53. The first-order valence-electron chi connectivity index (χ1n) is 4.30. The molecule has 0 N–H and O–H groups in total. The van der Waals surface area contributed by atoms with Gasteiger partial charge in [0, 0.05) is 0 Å². The molecule has 0 saturated heterocycles. The maximum Gasteiger partial charge on any atom is 0.240 e. The molecule has 1 heterocycles. The largest absolute Gasteiger partial charge is 0.240 e. The van der Waals surface area contributed by atoms with Gasteiger partial charge in [-0.3, -0.25) is 0 Å². The molecule has 0 saturated carbocycles. The van der Waals surface area contributed by atoms with E-state index in [9.17, 15) is 8.42 Å². The number of hydrogen-bond donors (Lipinski definition) is 0. The summed E-state index contributed by atoms with van der Waals surface area (Å²) in [6, 6.07) is 7.16. The van der Waals surface area contributed by atoms with Crippen LogP contribution in [0.15, 0.2) is 30.6 Å². The van der Waals surface area contributed by atoms with Gasteiger partial charge in [0.05, 0.1) is 16.8 Å². The fourth-order valence-electron chi connectivity index (χ4n) is 1.30. The molecule has 2 rings (SSSR count). The number of hydrogen-bond acceptors (Lipinski definition) is 3. The molecule has 1 aromatic heterocycles. The highest BCUT2D eigenvalue weighted by Gasteiger charge is 2.13. The zero-order valence-electron chi connectivity index (χ0n) is 7.71. The molecule has 0 aliphatic rings. The minimum atomic E-state index is -3.23. The number of nitrogens with zero attached hydrogens (tertiary/aromatic N) is 2. The maximum atomic E-state index is 11.6. The summed E-state index contributed by atoms with van der Waals surface area (Å²) in [7, 11) is -3.23. The van der Waals surface area contributed by atoms with E-state index in [2.05, 4.69) is 4.98 Å². The predicted octanol–water partition coefficient (Wildman–Crippen LogP) is 1.23. The average Bonchev–Trinajstić information content (AvgIpc) is 2.61. The van der Waals surface area contributed by atoms with E-state index in [-0.39, 0.29) is 5.75 Å². The summed E-state index contributed by atoms with van der Waals surface area (Å²) in [4.78, 5) is 4.02. The third-order valence-corrected chi connectivity index (χ3v) is 3.71. The Bertz CT molecular complexity index is 557. The number of rotatable bonds is 2. The van der Waals surface area contributed by atoms with Crippen LogP contribution in [0.3, 0.4) is 0 Å². The highest BCUT2D eigenvalue weighted by atomic mass is 32.2. The van der Waals surface area contributed by atoms with Gasteiger partial charge in [-0.15, -0.1) is 0 Å². The number of benzene rings is 1. The molecule has 0 unspecified atom stereocenters. The van der Waals surface area contributed by atoms with E-state index in [4.69, 9.17) is 0 Å². The number of imidazole rings is 1. The van der Waals surface area contributed by atoms with Crippen molar-refractivity contribution in [3.63, 3.8) is 0 Å². The predicted molar refractivity (Wildman–Crippen MR) is 54.6 cm³/mol. The topological polar surface area (TPSA) is 52.0 Å². The Morgan fingerprint density at radius 1 is 1.36 bits per heavy atom. The van der Waals surface area contributed by atoms with Gasteiger partial charge in [-0.2, -0.15) is 0 Å². The molecule has 0 amide bonds. The zero-order chi connectivity index (χ0) is 10.2. The lowest BCUT2D eigenvalue weighted by Crippen LogP contribution is -2.13. The van der Waals surface area contributed by atoms with E-state index in [0.29, 0.717) is 11.0 Å². The monoisotopic (exact) mass is 210 g/mol. The molecular weight excluding hydrogens is 200 g/mol. The van der Waals surface area contributed by atoms with E-state index in [0.717, 1.165) is 0 Å². The first-order valence-corrected chi connectivity index (χ1v) is 5.91. The van der Waals surface area contributed by atoms with Gasteiger partial charge >= 0.3 is 0 Å². The summed E-state index contributed by atoms with van der Waals surface area (Å²) >= 11 is 0. The van der Waals surface area contributed by atoms with Crippen LogP contribution >= 0.6 is 0 Å². The summed E-state index contributed by atoms with van der Waals surface area (Å²) in [5.41, 5.74) is 1.33. The van der Waals surface area contributed by atoms with Gasteiger partial charge in [-0.1, -0.05) is 12.1 Å². The molecular formula is C9H10N2O2S. The van der Waals surface area contributed by atoms with E-state index in [1.165, 1.54) is 10.3 Å². The summed E-state index contributed by atoms with van der Waals surface area (Å²) in [6.07, 6.45) is 1.35. The summed E-state index contributed by atoms with van der Waals surface area (Å²) in [6.45, 7) is 1.62. The standard InChI is InChI=1S/C9H10N2O2S/c1-2-14(12,13)11-7-10-8-5-3-4-6-9(8)11/h3-7H,2H2,1H3. The molecule has 0 aliphatic carbocycles. The number of fused-ring (bicyclic) bond motifs is 1. The molecule has 2 aromatic rings. The minimum Gasteiger partial charge on any atom is -0.236 e. The number of aromatic nitrogens is 2. The van der Waals surface area contributed by atoms with Gasteiger partial charge in [-0.05, 0) is 19.1 Å². The van der Waals surface area contributed by atoms with Crippen LogP contribution in [0.25, 0.3) is 11.0 Å². The van der Waals surface area contributed by atoms with Crippen molar-refractivity contribution in [1.29, 1.82) is 0 Å². The van der Waals surface area contributed by atoms with Gasteiger partial charge in [0.1, 0.15) is 6.33 Å². The first-order chi connectivity index (χ1) is 6.65. The van der Waals surface area contributed by atoms with Gasteiger partial charge in [0.25, 0.3) is 0 Å². The van der Waals surface area contributed by atoms with Crippen LogP contribution in [0, 0.1) is 0 Å². The Balaban J connectivity index is 2.77. The van der Waals surface area contributed by atoms with Gasteiger partial charge in [-0.25, -0.2) is 17.4 Å². The molecule has 4 nitrogen and oxygen atoms in total. The van der Waals surface area contributed by atoms with Crippen LogP contribution in [0.4, 0.5) is 0 Å². The highest BCUT2D eigenvalue weighted by Crippen LogP contribution is 2.14. The van der Waals surface area contributed by atoms with Crippen LogP contribution in [0.2, 0.25) is 0 Å². The van der Waals surface area contributed by atoms with Gasteiger partial charge in [0.15, 0.2) is 0 Å². The third-order valence-electron chi connectivity index (χ3n) is 2.09. The molecule has 0 spiro atoms. The lowest BCUT2D eigenvalue weighted by Gasteiger charge is -2.02. The fraction of sp³-hybridized carbons (Fsp3) is 0.222. The molecule has 0 fully saturated rings. The van der Waals surface area contributed by atoms with E-state index < -0.39 is 10.0 Å². The van der Waals surface area contributed by atoms with Crippen molar-refractivity contribution in [2.75, 3.05) is 5.75 Å². The molecule has 14 heavy (non-hydrogen) atoms. The number of para-hydroxylation sites is 2. The van der Waals surface area contributed by atoms with Gasteiger partial charge < -0.3 is 0 Å². The first kappa shape index (κ1) is 9.21. The van der Waals surface area contributed by atoms with Crippen molar-refractivity contribution in [2.24, 2.45) is 0 Å². The molecule has 0 radical (unpaired) electrons. The molecule has 0 aliphatic heterocycles. The normalized spacial score (nSPS) is 12.1. The van der Waals surface area contributed by atoms with Crippen molar-refractivity contribution in [2.45, 2.75) is 6.92 Å². The summed E-state index contributed by atoms with van der Waals surface area (Å²) < 4.78 is 24.4. The summed E-state index contributed by atoms with van der Waals surface area (Å²) in [5, 5.41) is 0. The van der Waals surface area contributed by atoms with Crippen LogP contribution in [0.1, 0.15) is 6.92 Å². The van der Waals surface area contributed by atoms with Crippen molar-refractivity contribution >= 4 is 21.1 Å². The molecule has 74 valence electrons. The van der Waals surface area contributed by atoms with E-state index in [1.54, 1.807) is 25.1 Å². The van der Waals surface area contributed by atoms with Crippen LogP contribution in [-0.2, 0) is 10.0 Å². The Morgan fingerprint density at radius 2 is 2.07 bits per heavy atom. The smallest absolute Gasteiger partial charge is 0.236 e. The van der Waals surface area contributed by atoms with Crippen molar-refractivity contribution < 1.29 is 8.42 Å².